The van der Waals surface area contributed by atoms with Crippen LogP contribution in [0.2, 0.25) is 0 Å². The lowest BCUT2D eigenvalue weighted by molar-refractivity contribution is -0.146. The van der Waals surface area contributed by atoms with Crippen molar-refractivity contribution < 1.29 is 76.8 Å². The van der Waals surface area contributed by atoms with E-state index in [0.717, 1.165) is 29.0 Å². The molecule has 7 amide bonds. The number of nitrogens with zero attached hydrogens (tertiary/aromatic N) is 9. The number of halogens is 2. The Balaban J connectivity index is 1.01. The van der Waals surface area contributed by atoms with Gasteiger partial charge in [-0.15, -0.1) is 0 Å². The maximum absolute atomic E-state index is 14.3. The molecule has 3 aliphatic heterocycles. The minimum absolute atomic E-state index is 0.0228. The fourth-order valence-corrected chi connectivity index (χ4v) is 12.2. The normalized spacial score (nSPS) is 17.6. The minimum Gasteiger partial charge on any atom is -0.494 e. The van der Waals surface area contributed by atoms with Gasteiger partial charge in [0.1, 0.15) is 17.8 Å². The Kier molecular flexibility index (Phi) is 28.7. The van der Waals surface area contributed by atoms with E-state index in [1.807, 2.05) is 31.2 Å². The number of imide groups is 1. The van der Waals surface area contributed by atoms with E-state index in [4.69, 9.17) is 4.74 Å². The highest BCUT2D eigenvalue weighted by Crippen LogP contribution is 2.36. The van der Waals surface area contributed by atoms with Crippen LogP contribution >= 0.6 is 0 Å². The number of ether oxygens (including phenoxy) is 1. The number of pyridine rings is 1. The summed E-state index contributed by atoms with van der Waals surface area (Å²) >= 11 is 0. The fraction of sp³-hybridized carbons (Fsp3) is 0.582. The molecule has 4 heterocycles. The predicted octanol–water partition coefficient (Wildman–Crippen LogP) is 2.81. The molecule has 0 aliphatic carbocycles. The zero-order valence-corrected chi connectivity index (χ0v) is 55.7. The Hall–Kier alpha value is -8.56. The lowest BCUT2D eigenvalue weighted by atomic mass is 9.73. The van der Waals surface area contributed by atoms with Crippen molar-refractivity contribution in [3.63, 3.8) is 0 Å². The molecule has 0 bridgehead atoms. The second kappa shape index (κ2) is 36.0. The summed E-state index contributed by atoms with van der Waals surface area (Å²) in [5.74, 6) is -10.1. The summed E-state index contributed by atoms with van der Waals surface area (Å²) in [4.78, 5) is 147. The smallest absolute Gasteiger partial charge is 0.317 e. The van der Waals surface area contributed by atoms with E-state index in [9.17, 15) is 77.3 Å². The first-order valence-corrected chi connectivity index (χ1v) is 32.5. The molecule has 7 N–H and O–H groups in total. The monoisotopic (exact) mass is 1340 g/mol. The van der Waals surface area contributed by atoms with Crippen LogP contribution in [0, 0.1) is 29.1 Å². The number of alkyl halides is 2. The fourth-order valence-electron chi connectivity index (χ4n) is 12.2. The molecule has 1 aromatic heterocycles. The molecule has 3 fully saturated rings. The maximum Gasteiger partial charge on any atom is 0.317 e. The summed E-state index contributed by atoms with van der Waals surface area (Å²) in [6.07, 6.45) is 3.49. The van der Waals surface area contributed by atoms with Crippen molar-refractivity contribution in [2.45, 2.75) is 110 Å². The molecule has 0 saturated carbocycles. The van der Waals surface area contributed by atoms with Crippen molar-refractivity contribution in [1.29, 1.82) is 5.26 Å². The number of piperazine rings is 1. The third kappa shape index (κ3) is 24.9. The molecule has 2 atom stereocenters. The summed E-state index contributed by atoms with van der Waals surface area (Å²) in [6.45, 7) is 14.2. The third-order valence-electron chi connectivity index (χ3n) is 17.3. The first-order chi connectivity index (χ1) is 45.4. The third-order valence-corrected chi connectivity index (χ3v) is 17.3. The number of carbonyl (C=O) groups excluding carboxylic acids is 7. The van der Waals surface area contributed by atoms with Gasteiger partial charge in [0.15, 0.2) is 0 Å². The van der Waals surface area contributed by atoms with Crippen LogP contribution in [0.3, 0.4) is 0 Å². The van der Waals surface area contributed by atoms with Crippen molar-refractivity contribution in [3.8, 4) is 11.8 Å². The summed E-state index contributed by atoms with van der Waals surface area (Å²) in [6, 6.07) is 13.6. The van der Waals surface area contributed by atoms with E-state index in [2.05, 4.69) is 37.7 Å². The highest BCUT2D eigenvalue weighted by atomic mass is 19.3. The van der Waals surface area contributed by atoms with E-state index in [-0.39, 0.29) is 127 Å². The molecule has 0 spiro atoms. The van der Waals surface area contributed by atoms with Crippen LogP contribution in [0.25, 0.3) is 10.9 Å². The second-order valence-corrected chi connectivity index (χ2v) is 26.3. The van der Waals surface area contributed by atoms with Gasteiger partial charge in [0.2, 0.25) is 35.4 Å². The van der Waals surface area contributed by atoms with Crippen molar-refractivity contribution in [3.05, 3.63) is 83.7 Å². The van der Waals surface area contributed by atoms with Gasteiger partial charge in [-0.05, 0) is 88.2 Å². The zero-order chi connectivity index (χ0) is 70.3. The molecule has 3 saturated heterocycles. The molecule has 0 unspecified atom stereocenters. The Labute approximate surface area is 558 Å². The molecule has 524 valence electrons. The number of nitrogens with one attached hydrogen (secondary N) is 4. The largest absolute Gasteiger partial charge is 0.494 e. The number of aromatic nitrogens is 1. The Morgan fingerprint density at radius 1 is 0.719 bits per heavy atom. The summed E-state index contributed by atoms with van der Waals surface area (Å²) in [5, 5.41) is 49.2. The first kappa shape index (κ1) is 76.5. The number of benzene rings is 2. The average Bonchev–Trinajstić information content (AvgIpc) is 1.22. The number of likely N-dealkylation sites (tertiary alicyclic amines) is 1. The number of hydrogen-bond acceptors (Lipinski definition) is 18. The second-order valence-electron chi connectivity index (χ2n) is 26.3. The van der Waals surface area contributed by atoms with Gasteiger partial charge in [-0.3, -0.25) is 82.7 Å². The molecule has 96 heavy (non-hydrogen) atoms. The highest BCUT2D eigenvalue weighted by Gasteiger charge is 2.47. The van der Waals surface area contributed by atoms with Gasteiger partial charge < -0.3 is 45.8 Å². The van der Waals surface area contributed by atoms with Crippen LogP contribution in [0.4, 0.5) is 8.78 Å². The van der Waals surface area contributed by atoms with Crippen LogP contribution in [0.15, 0.2) is 67.0 Å². The number of nitriles is 1. The van der Waals surface area contributed by atoms with Crippen LogP contribution in [0.1, 0.15) is 101 Å². The van der Waals surface area contributed by atoms with E-state index in [0.29, 0.717) is 68.7 Å². The standard InChI is InChI=1S/C67H93F2N13O14/c1-46-12-15-48(16-13-46)10-9-11-55(83)73-47(2)14-18-54(74-56(84)40-77-23-25-78(41-58(86)87)27-29-80(43-60(90)91)30-28-79(26-24-77)42-59(88)89)62(93)75-63(94)65(3,4)44-66(5,6)64(95)81-33-31-76(32-34-81)22-7-8-35-96-50-17-19-53-52(36-50)51(20-21-71-53)61(92)72-39-57(85)82-45-67(68,69)37-49(82)38-70/h12-13,15-17,19-21,36,49,54H,2,7-11,14,18,22-35,37,39-45H2,1,3-6H3,(H,72,92)(H,73,83)(H,74,84)(H,86,87)(H,88,89)(H,90,91)(H,75,93,94)/t49-,54+/m1/s1. The van der Waals surface area contributed by atoms with E-state index < -0.39 is 95.8 Å². The maximum atomic E-state index is 14.3. The van der Waals surface area contributed by atoms with Crippen molar-refractivity contribution >= 4 is 70.2 Å². The van der Waals surface area contributed by atoms with Gasteiger partial charge in [-0.25, -0.2) is 8.78 Å². The highest BCUT2D eigenvalue weighted by molar-refractivity contribution is 6.07. The number of aryl methyl sites for hydroxylation is 2. The number of carboxylic acids is 3. The Morgan fingerprint density at radius 3 is 1.86 bits per heavy atom. The van der Waals surface area contributed by atoms with Crippen LogP contribution in [-0.4, -0.2) is 263 Å². The topological polar surface area (TPSA) is 348 Å². The number of allylic oxidation sites excluding steroid dienone is 1. The number of hydrogen-bond donors (Lipinski definition) is 7. The number of amides is 7. The van der Waals surface area contributed by atoms with Crippen LogP contribution in [-0.2, 0) is 49.6 Å². The van der Waals surface area contributed by atoms with E-state index >= 15 is 0 Å². The Bertz CT molecular complexity index is 3270. The van der Waals surface area contributed by atoms with Crippen molar-refractivity contribution in [2.75, 3.05) is 131 Å². The summed E-state index contributed by atoms with van der Waals surface area (Å²) in [5.41, 5.74) is 0.776. The molecule has 27 nitrogen and oxygen atoms in total. The van der Waals surface area contributed by atoms with Gasteiger partial charge in [0, 0.05) is 119 Å². The number of aliphatic carboxylic acids is 3. The number of carboxylic acid groups (broad SMARTS) is 3. The van der Waals surface area contributed by atoms with Gasteiger partial charge in [0.05, 0.1) is 63.0 Å². The summed E-state index contributed by atoms with van der Waals surface area (Å²) < 4.78 is 33.9. The number of fused-ring (bicyclic) bond motifs is 1. The molecular weight excluding hydrogens is 1250 g/mol. The molecule has 0 radical (unpaired) electrons. The first-order valence-electron chi connectivity index (χ1n) is 32.5. The molecule has 6 rings (SSSR count). The minimum atomic E-state index is -3.19. The molecule has 29 heteroatoms. The van der Waals surface area contributed by atoms with E-state index in [1.54, 1.807) is 76.5 Å². The van der Waals surface area contributed by atoms with Gasteiger partial charge in [-0.2, -0.15) is 5.26 Å². The molecular formula is C67H93F2N13O14. The molecule has 3 aliphatic rings. The van der Waals surface area contributed by atoms with E-state index in [1.165, 1.54) is 12.3 Å². The zero-order valence-electron chi connectivity index (χ0n) is 55.7. The lowest BCUT2D eigenvalue weighted by Crippen LogP contribution is -2.55. The van der Waals surface area contributed by atoms with Gasteiger partial charge >= 0.3 is 17.9 Å². The average molecular weight is 1340 g/mol. The summed E-state index contributed by atoms with van der Waals surface area (Å²) in [7, 11) is 0. The molecule has 3 aromatic rings. The Morgan fingerprint density at radius 2 is 1.29 bits per heavy atom. The quantitative estimate of drug-likeness (QED) is 0.0455. The lowest BCUT2D eigenvalue weighted by Gasteiger charge is -2.40. The predicted molar refractivity (Wildman–Crippen MR) is 349 cm³/mol. The SMILES string of the molecule is C=C(CC[C@H](NC(=O)CN1CCN(CC(=O)O)CCN(CC(=O)O)CCN(CC(=O)O)CC1)C(=O)NC(=O)C(C)(C)CC(C)(C)C(=O)N1CCN(CCCCOc2ccc3nccc(C(=O)NCC(=O)N4CC(F)(F)C[C@@H]4C#N)c3c2)CC1)NC(=O)CCCc1ccc(C)cc1. The van der Waals surface area contributed by atoms with Crippen LogP contribution in [0.5, 0.6) is 5.75 Å². The molecule has 2 aromatic carbocycles. The number of unbranched alkanes of at least 4 members (excludes halogenated alkanes) is 1. The van der Waals surface area contributed by atoms with Crippen molar-refractivity contribution in [1.82, 2.24) is 60.6 Å². The van der Waals surface area contributed by atoms with Gasteiger partial charge in [0.25, 0.3) is 11.8 Å². The van der Waals surface area contributed by atoms with Crippen molar-refractivity contribution in [2.24, 2.45) is 10.8 Å². The van der Waals surface area contributed by atoms with Gasteiger partial charge in [-0.1, -0.05) is 64.1 Å². The van der Waals surface area contributed by atoms with Crippen LogP contribution < -0.4 is 26.0 Å². The number of carbonyl (C=O) groups is 10. The number of rotatable bonds is 31.